The molecule has 9 heteroatoms. The van der Waals surface area contributed by atoms with Gasteiger partial charge in [-0.1, -0.05) is 18.6 Å². The van der Waals surface area contributed by atoms with E-state index < -0.39 is 0 Å². The molecular weight excluding hydrogens is 409 g/mol. The number of benzene rings is 1. The van der Waals surface area contributed by atoms with Crippen molar-refractivity contribution in [2.45, 2.75) is 58.0 Å². The Morgan fingerprint density at radius 1 is 1.22 bits per heavy atom. The minimum atomic E-state index is -0.263. The van der Waals surface area contributed by atoms with E-state index in [9.17, 15) is 9.18 Å². The van der Waals surface area contributed by atoms with Gasteiger partial charge in [-0.2, -0.15) is 5.10 Å². The lowest BCUT2D eigenvalue weighted by Crippen LogP contribution is -2.38. The molecule has 0 fully saturated rings. The van der Waals surface area contributed by atoms with Crippen LogP contribution in [0.4, 0.5) is 9.18 Å². The summed E-state index contributed by atoms with van der Waals surface area (Å²) in [5, 5.41) is 18.7. The molecule has 2 aromatic heterocycles. The van der Waals surface area contributed by atoms with Gasteiger partial charge in [-0.25, -0.2) is 9.18 Å². The Bertz CT molecular complexity index is 1040. The average molecular weight is 440 g/mol. The fourth-order valence-corrected chi connectivity index (χ4v) is 4.02. The lowest BCUT2D eigenvalue weighted by Gasteiger charge is -2.19. The van der Waals surface area contributed by atoms with Crippen molar-refractivity contribution in [2.24, 2.45) is 0 Å². The monoisotopic (exact) mass is 439 g/mol. The summed E-state index contributed by atoms with van der Waals surface area (Å²) in [5.41, 5.74) is 2.56. The molecule has 3 heterocycles. The normalized spacial score (nSPS) is 13.1. The van der Waals surface area contributed by atoms with Crippen LogP contribution in [0.15, 0.2) is 30.3 Å². The van der Waals surface area contributed by atoms with Crippen molar-refractivity contribution in [1.82, 2.24) is 35.2 Å². The first-order valence-electron chi connectivity index (χ1n) is 11.3. The van der Waals surface area contributed by atoms with Crippen molar-refractivity contribution in [3.05, 3.63) is 53.5 Å². The summed E-state index contributed by atoms with van der Waals surface area (Å²) in [6.45, 7) is 2.04. The maximum atomic E-state index is 13.4. The van der Waals surface area contributed by atoms with E-state index in [1.807, 2.05) is 19.2 Å². The summed E-state index contributed by atoms with van der Waals surface area (Å²) in [7, 11) is 1.81. The number of aromatic amines is 1. The van der Waals surface area contributed by atoms with Crippen LogP contribution < -0.4 is 5.32 Å². The quantitative estimate of drug-likeness (QED) is 0.498. The standard InChI is InChI=1S/C23H30FN7O/c1-30(23(32)25-16-22-29-28-21-11-4-6-13-31(21)22)12-5-2-3-10-19-15-20(27-26-19)17-8-7-9-18(24)14-17/h7-9,14-15H,2-6,10-13,16H2,1H3,(H,25,32)(H,26,27). The van der Waals surface area contributed by atoms with Gasteiger partial charge >= 0.3 is 6.03 Å². The Balaban J connectivity index is 1.14. The molecule has 0 saturated carbocycles. The molecule has 1 aromatic carbocycles. The Kier molecular flexibility index (Phi) is 7.14. The Morgan fingerprint density at radius 3 is 3.00 bits per heavy atom. The third-order valence-corrected chi connectivity index (χ3v) is 5.87. The number of hydrogen-bond donors (Lipinski definition) is 2. The molecule has 0 atom stereocenters. The minimum Gasteiger partial charge on any atom is -0.331 e. The third-order valence-electron chi connectivity index (χ3n) is 5.87. The second kappa shape index (κ2) is 10.4. The number of aromatic nitrogens is 5. The molecular formula is C23H30FN7O. The number of nitrogens with zero attached hydrogens (tertiary/aromatic N) is 5. The topological polar surface area (TPSA) is 91.7 Å². The van der Waals surface area contributed by atoms with Crippen molar-refractivity contribution in [3.63, 3.8) is 0 Å². The number of H-pyrrole nitrogens is 1. The third kappa shape index (κ3) is 5.52. The maximum Gasteiger partial charge on any atom is 0.317 e. The number of carbonyl (C=O) groups is 1. The Hall–Kier alpha value is -3.23. The molecule has 2 amide bonds. The van der Waals surface area contributed by atoms with Crippen molar-refractivity contribution < 1.29 is 9.18 Å². The highest BCUT2D eigenvalue weighted by molar-refractivity contribution is 5.73. The van der Waals surface area contributed by atoms with Gasteiger partial charge in [-0.05, 0) is 50.3 Å². The highest BCUT2D eigenvalue weighted by Crippen LogP contribution is 2.19. The number of hydrogen-bond acceptors (Lipinski definition) is 4. The Labute approximate surface area is 187 Å². The van der Waals surface area contributed by atoms with Gasteiger partial charge < -0.3 is 14.8 Å². The number of amides is 2. The molecule has 0 aliphatic carbocycles. The number of urea groups is 1. The largest absolute Gasteiger partial charge is 0.331 e. The molecule has 0 saturated heterocycles. The number of nitrogens with one attached hydrogen (secondary N) is 2. The van der Waals surface area contributed by atoms with Gasteiger partial charge in [0.15, 0.2) is 5.82 Å². The predicted molar refractivity (Wildman–Crippen MR) is 119 cm³/mol. The molecule has 170 valence electrons. The SMILES string of the molecule is CN(CCCCCc1cc(-c2cccc(F)c2)n[nH]1)C(=O)NCc1nnc2n1CCCC2. The minimum absolute atomic E-state index is 0.0912. The fraction of sp³-hybridized carbons (Fsp3) is 0.478. The van der Waals surface area contributed by atoms with E-state index in [1.165, 1.54) is 12.1 Å². The van der Waals surface area contributed by atoms with E-state index in [0.717, 1.165) is 80.1 Å². The maximum absolute atomic E-state index is 13.4. The van der Waals surface area contributed by atoms with Crippen LogP contribution in [0.3, 0.4) is 0 Å². The van der Waals surface area contributed by atoms with E-state index >= 15 is 0 Å². The smallest absolute Gasteiger partial charge is 0.317 e. The zero-order valence-corrected chi connectivity index (χ0v) is 18.5. The first kappa shape index (κ1) is 22.0. The lowest BCUT2D eigenvalue weighted by atomic mass is 10.1. The van der Waals surface area contributed by atoms with Gasteiger partial charge in [0.1, 0.15) is 11.6 Å². The van der Waals surface area contributed by atoms with Crippen LogP contribution in [0.25, 0.3) is 11.3 Å². The number of halogens is 1. The zero-order chi connectivity index (χ0) is 22.3. The summed E-state index contributed by atoms with van der Waals surface area (Å²) in [6.07, 6.45) is 7.05. The highest BCUT2D eigenvalue weighted by Gasteiger charge is 2.16. The zero-order valence-electron chi connectivity index (χ0n) is 18.5. The number of fused-ring (bicyclic) bond motifs is 1. The fourth-order valence-electron chi connectivity index (χ4n) is 4.02. The molecule has 3 aromatic rings. The molecule has 0 radical (unpaired) electrons. The van der Waals surface area contributed by atoms with Crippen LogP contribution in [-0.4, -0.2) is 49.5 Å². The number of unbranched alkanes of at least 4 members (excludes halogenated alkanes) is 2. The summed E-state index contributed by atoms with van der Waals surface area (Å²) >= 11 is 0. The van der Waals surface area contributed by atoms with Crippen molar-refractivity contribution >= 4 is 6.03 Å². The van der Waals surface area contributed by atoms with Crippen LogP contribution in [0, 0.1) is 5.82 Å². The van der Waals surface area contributed by atoms with E-state index in [0.29, 0.717) is 13.1 Å². The molecule has 1 aliphatic heterocycles. The van der Waals surface area contributed by atoms with E-state index in [4.69, 9.17) is 0 Å². The Morgan fingerprint density at radius 2 is 2.12 bits per heavy atom. The predicted octanol–water partition coefficient (Wildman–Crippen LogP) is 3.70. The molecule has 8 nitrogen and oxygen atoms in total. The number of rotatable bonds is 9. The molecule has 32 heavy (non-hydrogen) atoms. The second-order valence-electron chi connectivity index (χ2n) is 8.32. The van der Waals surface area contributed by atoms with Gasteiger partial charge in [0.05, 0.1) is 12.2 Å². The average Bonchev–Trinajstić information content (AvgIpc) is 3.44. The van der Waals surface area contributed by atoms with Crippen LogP contribution in [-0.2, 0) is 25.9 Å². The van der Waals surface area contributed by atoms with E-state index in [1.54, 1.807) is 11.0 Å². The van der Waals surface area contributed by atoms with Crippen molar-refractivity contribution in [2.75, 3.05) is 13.6 Å². The van der Waals surface area contributed by atoms with Gasteiger partial charge in [0.25, 0.3) is 0 Å². The van der Waals surface area contributed by atoms with Crippen molar-refractivity contribution in [1.29, 1.82) is 0 Å². The molecule has 4 rings (SSSR count). The van der Waals surface area contributed by atoms with Gasteiger partial charge in [0.2, 0.25) is 0 Å². The molecule has 0 spiro atoms. The molecule has 2 N–H and O–H groups in total. The second-order valence-corrected chi connectivity index (χ2v) is 8.32. The van der Waals surface area contributed by atoms with Crippen LogP contribution >= 0.6 is 0 Å². The van der Waals surface area contributed by atoms with Gasteiger partial charge in [0, 0.05) is 37.8 Å². The number of carbonyl (C=O) groups excluding carboxylic acids is 1. The summed E-state index contributed by atoms with van der Waals surface area (Å²) in [5.74, 6) is 1.59. The van der Waals surface area contributed by atoms with Crippen LogP contribution in [0.5, 0.6) is 0 Å². The summed E-state index contributed by atoms with van der Waals surface area (Å²) < 4.78 is 15.5. The molecule has 1 aliphatic rings. The first-order chi connectivity index (χ1) is 15.6. The van der Waals surface area contributed by atoms with E-state index in [-0.39, 0.29) is 11.8 Å². The molecule has 0 unspecified atom stereocenters. The van der Waals surface area contributed by atoms with E-state index in [2.05, 4.69) is 30.3 Å². The van der Waals surface area contributed by atoms with Crippen LogP contribution in [0.2, 0.25) is 0 Å². The lowest BCUT2D eigenvalue weighted by molar-refractivity contribution is 0.207. The van der Waals surface area contributed by atoms with Crippen LogP contribution in [0.1, 0.15) is 49.4 Å². The van der Waals surface area contributed by atoms with Gasteiger partial charge in [-0.3, -0.25) is 5.10 Å². The number of aryl methyl sites for hydroxylation is 2. The highest BCUT2D eigenvalue weighted by atomic mass is 19.1. The molecule has 0 bridgehead atoms. The van der Waals surface area contributed by atoms with Gasteiger partial charge in [-0.15, -0.1) is 10.2 Å². The van der Waals surface area contributed by atoms with Crippen molar-refractivity contribution in [3.8, 4) is 11.3 Å². The summed E-state index contributed by atoms with van der Waals surface area (Å²) in [6, 6.07) is 8.32. The summed E-state index contributed by atoms with van der Waals surface area (Å²) in [4.78, 5) is 14.1. The first-order valence-corrected chi connectivity index (χ1v) is 11.3.